The molecule has 7 aromatic carbocycles. The molecule has 0 unspecified atom stereocenters. The first kappa shape index (κ1) is 44.2. The maximum Gasteiger partial charge on any atom is 0.148 e. The average Bonchev–Trinajstić information content (AvgIpc) is 3.71. The molecule has 0 saturated carbocycles. The minimum atomic E-state index is -2.48. The maximum absolute atomic E-state index is 12.0. The predicted octanol–water partition coefficient (Wildman–Crippen LogP) is 16.7. The van der Waals surface area contributed by atoms with E-state index in [4.69, 9.17) is 14.1 Å². The number of phenolic OH excluding ortho intramolecular Hbond substituents is 1. The third kappa shape index (κ3) is 9.41. The second kappa shape index (κ2) is 18.3. The van der Waals surface area contributed by atoms with Crippen LogP contribution < -0.4 is 0 Å². The van der Waals surface area contributed by atoms with E-state index in [2.05, 4.69) is 147 Å². The van der Waals surface area contributed by atoms with E-state index in [-0.39, 0.29) is 48.6 Å². The summed E-state index contributed by atoms with van der Waals surface area (Å²) in [5.41, 5.74) is 16.5. The second-order valence-electron chi connectivity index (χ2n) is 21.2. The number of hydrogen-bond acceptors (Lipinski definition) is 3. The summed E-state index contributed by atoms with van der Waals surface area (Å²) in [7, 11) is 0. The fraction of sp³-hybridized carbons (Fsp3) is 0.238. The molecule has 0 fully saturated rings. The number of hydrogen-bond donors (Lipinski definition) is 1. The van der Waals surface area contributed by atoms with Gasteiger partial charge in [0, 0.05) is 42.6 Å². The molecule has 2 aromatic heterocycles. The summed E-state index contributed by atoms with van der Waals surface area (Å²) in [6.07, 6.45) is 1.87. The molecule has 346 valence electrons. The number of aryl methyl sites for hydroxylation is 3. The smallest absolute Gasteiger partial charge is 0.148 e. The minimum absolute atomic E-state index is 0. The molecule has 5 heteroatoms. The van der Waals surface area contributed by atoms with E-state index >= 15 is 0 Å². The van der Waals surface area contributed by atoms with Gasteiger partial charge in [0.15, 0.2) is 0 Å². The van der Waals surface area contributed by atoms with Gasteiger partial charge >= 0.3 is 0 Å². The molecule has 68 heavy (non-hydrogen) atoms. The number of fused-ring (bicyclic) bond motifs is 1. The molecule has 0 spiro atoms. The molecule has 0 bridgehead atoms. The first-order valence-corrected chi connectivity index (χ1v) is 23.3. The first-order chi connectivity index (χ1) is 33.0. The van der Waals surface area contributed by atoms with Crippen molar-refractivity contribution in [1.29, 1.82) is 0 Å². The number of imidazole rings is 1. The van der Waals surface area contributed by atoms with Gasteiger partial charge < -0.3 is 5.11 Å². The van der Waals surface area contributed by atoms with Gasteiger partial charge in [0.05, 0.1) is 22.3 Å². The number of aromatic hydroxyl groups is 1. The van der Waals surface area contributed by atoms with Crippen LogP contribution in [0.2, 0.25) is 0 Å². The van der Waals surface area contributed by atoms with Crippen molar-refractivity contribution in [2.24, 2.45) is 0 Å². The van der Waals surface area contributed by atoms with Crippen LogP contribution in [-0.2, 0) is 37.3 Å². The summed E-state index contributed by atoms with van der Waals surface area (Å²) < 4.78 is 29.1. The third-order valence-corrected chi connectivity index (χ3v) is 13.0. The van der Waals surface area contributed by atoms with Crippen LogP contribution in [-0.4, -0.2) is 19.6 Å². The van der Waals surface area contributed by atoms with E-state index in [0.29, 0.717) is 33.7 Å². The van der Waals surface area contributed by atoms with Gasteiger partial charge in [0.1, 0.15) is 11.6 Å². The van der Waals surface area contributed by atoms with E-state index in [0.717, 1.165) is 72.4 Å². The summed E-state index contributed by atoms with van der Waals surface area (Å²) >= 11 is 0. The van der Waals surface area contributed by atoms with Gasteiger partial charge in [0.25, 0.3) is 0 Å². The van der Waals surface area contributed by atoms with Gasteiger partial charge in [0.2, 0.25) is 0 Å². The normalized spacial score (nSPS) is 12.9. The molecule has 0 atom stereocenters. The number of nitrogens with zero attached hydrogens (tertiary/aromatic N) is 3. The number of rotatable bonds is 7. The molecule has 1 N–H and O–H groups in total. The van der Waals surface area contributed by atoms with Crippen LogP contribution in [0, 0.1) is 26.8 Å². The van der Waals surface area contributed by atoms with E-state index in [9.17, 15) is 5.11 Å². The number of pyridine rings is 1. The minimum Gasteiger partial charge on any atom is -0.507 e. The monoisotopic (exact) mass is 1070 g/mol. The zero-order valence-electron chi connectivity index (χ0n) is 44.0. The summed E-state index contributed by atoms with van der Waals surface area (Å²) in [4.78, 5) is 10.4. The van der Waals surface area contributed by atoms with Crippen molar-refractivity contribution in [3.8, 4) is 78.6 Å². The van der Waals surface area contributed by atoms with E-state index in [1.54, 1.807) is 0 Å². The van der Waals surface area contributed by atoms with Crippen molar-refractivity contribution < 1.29 is 30.3 Å². The Hall–Kier alpha value is -6.35. The molecule has 0 aliphatic carbocycles. The number of aromatic nitrogens is 3. The molecule has 0 saturated heterocycles. The maximum atomic E-state index is 12.0. The van der Waals surface area contributed by atoms with Gasteiger partial charge in [-0.3, -0.25) is 9.55 Å². The SMILES string of the molecule is [2H]C([2H])([2H])c1cc(-n2c(-c3cc(C)cc(C)c3O)nc3c(-c4[c-]c(-c5cc(-c6ccc(C(C)(C)C)cc6)ccn5)cc(C(C)(C)C)c4)cccc32)c(-c2ccccc2)cc1-c1ccc(C(C)(C)C)cc1.[Pt]. The van der Waals surface area contributed by atoms with Crippen molar-refractivity contribution in [2.75, 3.05) is 0 Å². The Bertz CT molecular complexity index is 3420. The Morgan fingerprint density at radius 1 is 0.529 bits per heavy atom. The van der Waals surface area contributed by atoms with Crippen LogP contribution in [0.25, 0.3) is 83.9 Å². The van der Waals surface area contributed by atoms with E-state index in [1.807, 2.05) is 91.3 Å². The van der Waals surface area contributed by atoms with Gasteiger partial charge in [-0.2, -0.15) is 0 Å². The summed E-state index contributed by atoms with van der Waals surface area (Å²) in [6.45, 7) is 21.3. The topological polar surface area (TPSA) is 50.9 Å². The number of para-hydroxylation sites is 1. The van der Waals surface area contributed by atoms with Crippen molar-refractivity contribution in [3.05, 3.63) is 191 Å². The molecule has 0 aliphatic rings. The van der Waals surface area contributed by atoms with E-state index in [1.165, 1.54) is 5.56 Å². The Balaban J connectivity index is 0.00000676. The van der Waals surface area contributed by atoms with Crippen LogP contribution >= 0.6 is 0 Å². The molecule has 0 radical (unpaired) electrons. The Kier molecular flexibility index (Phi) is 11.9. The molecule has 2 heterocycles. The van der Waals surface area contributed by atoms with Gasteiger partial charge in [-0.1, -0.05) is 177 Å². The number of phenols is 1. The van der Waals surface area contributed by atoms with Crippen LogP contribution in [0.5, 0.6) is 5.75 Å². The fourth-order valence-corrected chi connectivity index (χ4v) is 9.09. The molecule has 9 aromatic rings. The van der Waals surface area contributed by atoms with Crippen LogP contribution in [0.15, 0.2) is 152 Å². The van der Waals surface area contributed by atoms with Crippen molar-refractivity contribution >= 4 is 11.0 Å². The molecule has 9 rings (SSSR count). The summed E-state index contributed by atoms with van der Waals surface area (Å²) in [5, 5.41) is 12.0. The standard InChI is InChI=1S/C63H62N3O.Pt/c1-39-31-41(3)59(67)54(32-39)60-65-58-51(46-34-47(36-50(35-46)63(10,11)12)55-37-45(29-30-64-55)42-21-25-48(26-22-42)61(4,5)6)19-16-20-56(58)66(60)57-33-40(2)52(38-53(57)43-17-14-13-15-18-43)44-23-27-49(28-24-44)62(7,8)9;/h13-33,35-38,67H,1-12H3;/q-1;/i2D3;. The Labute approximate surface area is 422 Å². The second-order valence-corrected chi connectivity index (χ2v) is 21.2. The molecule has 4 nitrogen and oxygen atoms in total. The van der Waals surface area contributed by atoms with Crippen LogP contribution in [0.1, 0.15) is 99.8 Å². The van der Waals surface area contributed by atoms with E-state index < -0.39 is 6.85 Å². The fourth-order valence-electron chi connectivity index (χ4n) is 9.09. The van der Waals surface area contributed by atoms with Crippen molar-refractivity contribution in [1.82, 2.24) is 14.5 Å². The third-order valence-electron chi connectivity index (χ3n) is 13.0. The Morgan fingerprint density at radius 3 is 1.78 bits per heavy atom. The van der Waals surface area contributed by atoms with Crippen LogP contribution in [0.3, 0.4) is 0 Å². The largest absolute Gasteiger partial charge is 0.507 e. The van der Waals surface area contributed by atoms with Gasteiger partial charge in [-0.05, 0) is 123 Å². The molecule has 0 amide bonds. The predicted molar refractivity (Wildman–Crippen MR) is 282 cm³/mol. The quantitative estimate of drug-likeness (QED) is 0.162. The molecular formula is C63H62N3OPt-. The Morgan fingerprint density at radius 2 is 1.15 bits per heavy atom. The van der Waals surface area contributed by atoms with Gasteiger partial charge in [-0.15, -0.1) is 29.3 Å². The van der Waals surface area contributed by atoms with Gasteiger partial charge in [-0.25, -0.2) is 4.98 Å². The van der Waals surface area contributed by atoms with Crippen molar-refractivity contribution in [3.63, 3.8) is 0 Å². The van der Waals surface area contributed by atoms with Crippen molar-refractivity contribution in [2.45, 2.75) is 99.3 Å². The molecular weight excluding hydrogens is 1010 g/mol. The zero-order valence-corrected chi connectivity index (χ0v) is 43.3. The first-order valence-electron chi connectivity index (χ1n) is 24.8. The summed E-state index contributed by atoms with van der Waals surface area (Å²) in [6, 6.07) is 53.4. The zero-order chi connectivity index (χ0) is 50.1. The molecule has 0 aliphatic heterocycles. The number of benzene rings is 7. The summed E-state index contributed by atoms with van der Waals surface area (Å²) in [5.74, 6) is 0.598. The van der Waals surface area contributed by atoms with Crippen LogP contribution in [0.4, 0.5) is 0 Å². The average molecular weight is 1080 g/mol.